The van der Waals surface area contributed by atoms with Crippen molar-refractivity contribution in [3.63, 3.8) is 0 Å². The van der Waals surface area contributed by atoms with Crippen LogP contribution in [-0.2, 0) is 14.3 Å². The standard InChI is InChI=1S/C59H99NO5/c1-4-7-10-13-16-19-22-25-27-29-31-33-36-39-42-45-48-51-57(62)56(54-61)60-58(63)53-55(50-47-44-41-38-35-24-21-18-15-12-9-6-3)65-59(64)52-49-46-43-40-37-34-32-30-28-26-23-20-17-14-11-8-5-2/h8-9,11-12,14,17-18,20-21,23,26,28,30,32,34-35,37-38,55-57,61-62H,4-7,10,13,15-16,19,22,24-25,27,29,31,33,36,39-54H2,1-3H3,(H,60,63)/b11-8-,12-9+,17-14+,21-18+,23-20+,28-26-,32-30+,37-34+,38-35+. The fourth-order valence-corrected chi connectivity index (χ4v) is 7.53. The molecule has 0 radical (unpaired) electrons. The van der Waals surface area contributed by atoms with E-state index in [0.717, 1.165) is 89.9 Å². The van der Waals surface area contributed by atoms with Crippen molar-refractivity contribution in [3.8, 4) is 0 Å². The van der Waals surface area contributed by atoms with Gasteiger partial charge in [-0.15, -0.1) is 0 Å². The van der Waals surface area contributed by atoms with Crippen LogP contribution in [0.3, 0.4) is 0 Å². The third-order valence-electron chi connectivity index (χ3n) is 11.5. The van der Waals surface area contributed by atoms with Crippen molar-refractivity contribution in [1.82, 2.24) is 5.32 Å². The first-order valence-electron chi connectivity index (χ1n) is 26.7. The second kappa shape index (κ2) is 51.5. The molecule has 0 spiro atoms. The highest BCUT2D eigenvalue weighted by Gasteiger charge is 2.24. The van der Waals surface area contributed by atoms with E-state index < -0.39 is 18.2 Å². The number of allylic oxidation sites excluding steroid dienone is 18. The average Bonchev–Trinajstić information content (AvgIpc) is 3.30. The van der Waals surface area contributed by atoms with Crippen LogP contribution in [0.15, 0.2) is 109 Å². The Bertz CT molecular complexity index is 1330. The van der Waals surface area contributed by atoms with Gasteiger partial charge in [-0.1, -0.05) is 246 Å². The molecule has 370 valence electrons. The largest absolute Gasteiger partial charge is 0.462 e. The lowest BCUT2D eigenvalue weighted by atomic mass is 10.0. The van der Waals surface area contributed by atoms with Crippen LogP contribution in [0, 0.1) is 0 Å². The number of nitrogens with one attached hydrogen (secondary N) is 1. The van der Waals surface area contributed by atoms with E-state index >= 15 is 0 Å². The minimum atomic E-state index is -0.813. The Hall–Kier alpha value is -3.48. The second-order valence-corrected chi connectivity index (χ2v) is 17.7. The lowest BCUT2D eigenvalue weighted by molar-refractivity contribution is -0.151. The van der Waals surface area contributed by atoms with E-state index in [1.165, 1.54) is 89.9 Å². The van der Waals surface area contributed by atoms with Gasteiger partial charge >= 0.3 is 5.97 Å². The number of hydrogen-bond acceptors (Lipinski definition) is 5. The first-order valence-corrected chi connectivity index (χ1v) is 26.7. The molecular formula is C59H99NO5. The highest BCUT2D eigenvalue weighted by Crippen LogP contribution is 2.17. The number of ether oxygens (including phenoxy) is 1. The maximum atomic E-state index is 13.2. The van der Waals surface area contributed by atoms with Gasteiger partial charge in [0.25, 0.3) is 0 Å². The summed E-state index contributed by atoms with van der Waals surface area (Å²) in [6, 6.07) is -0.731. The quantitative estimate of drug-likeness (QED) is 0.0245. The Kier molecular flexibility index (Phi) is 48.7. The summed E-state index contributed by atoms with van der Waals surface area (Å²) in [5.41, 5.74) is 0. The summed E-state index contributed by atoms with van der Waals surface area (Å²) in [6.45, 7) is 6.20. The fourth-order valence-electron chi connectivity index (χ4n) is 7.53. The number of aliphatic hydroxyl groups is 2. The van der Waals surface area contributed by atoms with Gasteiger partial charge in [0.15, 0.2) is 0 Å². The number of esters is 1. The van der Waals surface area contributed by atoms with Crippen LogP contribution < -0.4 is 5.32 Å². The monoisotopic (exact) mass is 902 g/mol. The Balaban J connectivity index is 4.65. The number of carbonyl (C=O) groups is 2. The normalized spacial score (nSPS) is 14.1. The molecule has 3 unspecified atom stereocenters. The molecule has 0 bridgehead atoms. The minimum Gasteiger partial charge on any atom is -0.462 e. The smallest absolute Gasteiger partial charge is 0.306 e. The van der Waals surface area contributed by atoms with Gasteiger partial charge in [0.2, 0.25) is 5.91 Å². The molecule has 6 nitrogen and oxygen atoms in total. The Labute approximate surface area is 400 Å². The molecule has 0 aromatic rings. The molecule has 0 saturated carbocycles. The molecule has 0 aliphatic heterocycles. The number of carbonyl (C=O) groups excluding carboxylic acids is 2. The van der Waals surface area contributed by atoms with Crippen LogP contribution in [0.4, 0.5) is 0 Å². The Morgan fingerprint density at radius 3 is 1.45 bits per heavy atom. The predicted molar refractivity (Wildman–Crippen MR) is 282 cm³/mol. The molecule has 6 heteroatoms. The van der Waals surface area contributed by atoms with Gasteiger partial charge in [0.05, 0.1) is 25.2 Å². The third kappa shape index (κ3) is 46.8. The molecule has 0 aliphatic carbocycles. The summed E-state index contributed by atoms with van der Waals surface area (Å²) < 4.78 is 5.89. The molecule has 3 N–H and O–H groups in total. The molecule has 0 aromatic heterocycles. The van der Waals surface area contributed by atoms with E-state index in [-0.39, 0.29) is 24.9 Å². The molecule has 0 heterocycles. The summed E-state index contributed by atoms with van der Waals surface area (Å²) in [6.07, 6.45) is 70.1. The van der Waals surface area contributed by atoms with Gasteiger partial charge in [0.1, 0.15) is 6.10 Å². The van der Waals surface area contributed by atoms with E-state index in [4.69, 9.17) is 4.74 Å². The molecule has 0 aliphatic rings. The summed E-state index contributed by atoms with van der Waals surface area (Å²) in [7, 11) is 0. The minimum absolute atomic E-state index is 0.0265. The highest BCUT2D eigenvalue weighted by molar-refractivity contribution is 5.77. The number of rotatable bonds is 46. The maximum Gasteiger partial charge on any atom is 0.306 e. The lowest BCUT2D eigenvalue weighted by Gasteiger charge is -2.24. The topological polar surface area (TPSA) is 95.9 Å². The van der Waals surface area contributed by atoms with Crippen LogP contribution in [0.2, 0.25) is 0 Å². The molecule has 0 rings (SSSR count). The van der Waals surface area contributed by atoms with Gasteiger partial charge in [-0.05, 0) is 77.0 Å². The van der Waals surface area contributed by atoms with E-state index in [9.17, 15) is 19.8 Å². The van der Waals surface area contributed by atoms with Gasteiger partial charge in [-0.3, -0.25) is 9.59 Å². The second-order valence-electron chi connectivity index (χ2n) is 17.7. The van der Waals surface area contributed by atoms with Crippen molar-refractivity contribution in [1.29, 1.82) is 0 Å². The van der Waals surface area contributed by atoms with Gasteiger partial charge in [-0.2, -0.15) is 0 Å². The first-order chi connectivity index (χ1) is 32.0. The first kappa shape index (κ1) is 61.5. The van der Waals surface area contributed by atoms with Gasteiger partial charge in [0, 0.05) is 6.42 Å². The molecule has 1 amide bonds. The van der Waals surface area contributed by atoms with Crippen molar-refractivity contribution in [2.75, 3.05) is 6.61 Å². The molecule has 65 heavy (non-hydrogen) atoms. The van der Waals surface area contributed by atoms with Crippen molar-refractivity contribution in [2.24, 2.45) is 0 Å². The number of aliphatic hydroxyl groups excluding tert-OH is 2. The zero-order chi connectivity index (χ0) is 47.4. The SMILES string of the molecule is CC\C=C/C=C/C=C/C=C\C=C\C=C\CCCCCC(=O)OC(CCCC/C=C/C/C=C/C/C=C/CC)CC(=O)NC(CO)C(O)CCCCCCCCCCCCCCCCCCC. The zero-order valence-electron chi connectivity index (χ0n) is 42.1. The van der Waals surface area contributed by atoms with E-state index in [1.807, 2.05) is 54.7 Å². The lowest BCUT2D eigenvalue weighted by Crippen LogP contribution is -2.46. The average molecular weight is 902 g/mol. The van der Waals surface area contributed by atoms with Crippen molar-refractivity contribution < 1.29 is 24.5 Å². The van der Waals surface area contributed by atoms with E-state index in [2.05, 4.69) is 80.8 Å². The molecular weight excluding hydrogens is 803 g/mol. The summed E-state index contributed by atoms with van der Waals surface area (Å²) in [5, 5.41) is 23.8. The van der Waals surface area contributed by atoms with Crippen LogP contribution in [0.25, 0.3) is 0 Å². The van der Waals surface area contributed by atoms with Gasteiger partial charge in [-0.25, -0.2) is 0 Å². The molecule has 0 aromatic carbocycles. The number of amides is 1. The van der Waals surface area contributed by atoms with E-state index in [0.29, 0.717) is 19.3 Å². The Morgan fingerprint density at radius 1 is 0.477 bits per heavy atom. The molecule has 0 saturated heterocycles. The molecule has 3 atom stereocenters. The van der Waals surface area contributed by atoms with Crippen LogP contribution in [0.5, 0.6) is 0 Å². The van der Waals surface area contributed by atoms with Crippen molar-refractivity contribution >= 4 is 11.9 Å². The fraction of sp³-hybridized carbons (Fsp3) is 0.661. The summed E-state index contributed by atoms with van der Waals surface area (Å²) in [4.78, 5) is 26.2. The zero-order valence-corrected chi connectivity index (χ0v) is 42.1. The van der Waals surface area contributed by atoms with Gasteiger partial charge < -0.3 is 20.3 Å². The third-order valence-corrected chi connectivity index (χ3v) is 11.5. The predicted octanol–water partition coefficient (Wildman–Crippen LogP) is 16.3. The van der Waals surface area contributed by atoms with Crippen molar-refractivity contribution in [3.05, 3.63) is 109 Å². The number of hydrogen-bond donors (Lipinski definition) is 3. The van der Waals surface area contributed by atoms with Crippen LogP contribution in [0.1, 0.15) is 226 Å². The van der Waals surface area contributed by atoms with Crippen molar-refractivity contribution in [2.45, 2.75) is 244 Å². The molecule has 0 fully saturated rings. The Morgan fingerprint density at radius 2 is 0.908 bits per heavy atom. The van der Waals surface area contributed by atoms with E-state index in [1.54, 1.807) is 0 Å². The number of unbranched alkanes of at least 4 members (excludes halogenated alkanes) is 21. The maximum absolute atomic E-state index is 13.2. The summed E-state index contributed by atoms with van der Waals surface area (Å²) >= 11 is 0. The van der Waals surface area contributed by atoms with Crippen LogP contribution >= 0.6 is 0 Å². The van der Waals surface area contributed by atoms with Crippen LogP contribution in [-0.4, -0.2) is 46.9 Å². The highest BCUT2D eigenvalue weighted by atomic mass is 16.5. The summed E-state index contributed by atoms with van der Waals surface area (Å²) in [5.74, 6) is -0.572.